The Balaban J connectivity index is 7.11. The van der Waals surface area contributed by atoms with Gasteiger partial charge in [0.2, 0.25) is 0 Å². The van der Waals surface area contributed by atoms with Crippen LogP contribution < -0.4 is 0 Å². The summed E-state index contributed by atoms with van der Waals surface area (Å²) in [5.41, 5.74) is -8.31. The predicted octanol–water partition coefficient (Wildman–Crippen LogP) is 5.08. The van der Waals surface area contributed by atoms with Gasteiger partial charge in [0, 0.05) is 0 Å². The summed E-state index contributed by atoms with van der Waals surface area (Å²) in [5, 5.41) is 7.87. The molecule has 0 aliphatic heterocycles. The summed E-state index contributed by atoms with van der Waals surface area (Å²) in [6, 6.07) is 0. The van der Waals surface area contributed by atoms with Crippen molar-refractivity contribution in [2.75, 3.05) is 0 Å². The molecule has 19 heteroatoms. The van der Waals surface area contributed by atoms with Gasteiger partial charge in [0.05, 0.1) is 0 Å². The third-order valence-electron chi connectivity index (χ3n) is 3.06. The Kier molecular flexibility index (Phi) is 5.76. The molecule has 0 rings (SSSR count). The van der Waals surface area contributed by atoms with E-state index in [9.17, 15) is 79.4 Å². The summed E-state index contributed by atoms with van der Waals surface area (Å²) in [4.78, 5) is 10.2. The van der Waals surface area contributed by atoms with Gasteiger partial charge in [0.15, 0.2) is 0 Å². The third kappa shape index (κ3) is 2.91. The lowest BCUT2D eigenvalue weighted by molar-refractivity contribution is -0.441. The van der Waals surface area contributed by atoms with E-state index in [2.05, 4.69) is 0 Å². The van der Waals surface area contributed by atoms with Crippen molar-refractivity contribution in [3.63, 3.8) is 0 Å². The van der Waals surface area contributed by atoms with Crippen molar-refractivity contribution in [3.8, 4) is 0 Å². The van der Waals surface area contributed by atoms with Crippen LogP contribution >= 0.6 is 0 Å². The first-order valence-electron chi connectivity index (χ1n) is 5.64. The molecular weight excluding hydrogens is 463 g/mol. The van der Waals surface area contributed by atoms with Gasteiger partial charge in [-0.25, -0.2) is 9.18 Å². The molecule has 1 N–H and O–H groups in total. The largest absolute Gasteiger partial charge is 0.479 e. The highest BCUT2D eigenvalue weighted by Gasteiger charge is 2.96. The summed E-state index contributed by atoms with van der Waals surface area (Å²) >= 11 is 0. The van der Waals surface area contributed by atoms with Gasteiger partial charge >= 0.3 is 53.6 Å². The number of rotatable bonds is 6. The van der Waals surface area contributed by atoms with Crippen LogP contribution in [-0.4, -0.2) is 58.7 Å². The minimum absolute atomic E-state index is 5.02. The Labute approximate surface area is 139 Å². The molecule has 2 nitrogen and oxygen atoms in total. The molecule has 0 saturated heterocycles. The Bertz CT molecular complexity index is 613. The normalized spacial score (nSPS) is 18.0. The number of aliphatic carboxylic acids is 1. The van der Waals surface area contributed by atoms with Gasteiger partial charge in [-0.3, -0.25) is 0 Å². The van der Waals surface area contributed by atoms with Gasteiger partial charge in [0.1, 0.15) is 0 Å². The van der Waals surface area contributed by atoms with Crippen LogP contribution in [0.15, 0.2) is 0 Å². The molecule has 0 aromatic heterocycles. The van der Waals surface area contributed by atoms with E-state index < -0.39 is 53.6 Å². The van der Waals surface area contributed by atoms with Crippen molar-refractivity contribution in [2.45, 2.75) is 47.6 Å². The highest BCUT2D eigenvalue weighted by molar-refractivity contribution is 5.81. The monoisotopic (exact) mass is 464 g/mol. The van der Waals surface area contributed by atoms with Gasteiger partial charge < -0.3 is 5.11 Å². The quantitative estimate of drug-likeness (QED) is 0.557. The van der Waals surface area contributed by atoms with Crippen LogP contribution in [0.3, 0.4) is 0 Å². The fourth-order valence-corrected chi connectivity index (χ4v) is 1.45. The molecule has 1 unspecified atom stereocenters. The maximum absolute atomic E-state index is 13.6. The fourth-order valence-electron chi connectivity index (χ4n) is 1.45. The van der Waals surface area contributed by atoms with Gasteiger partial charge in [-0.2, -0.15) is 70.2 Å². The highest BCUT2D eigenvalue weighted by Crippen LogP contribution is 2.63. The van der Waals surface area contributed by atoms with Crippen LogP contribution in [0.5, 0.6) is 0 Å². The smallest absolute Gasteiger partial charge is 0.460 e. The Morgan fingerprint density at radius 2 is 0.643 bits per heavy atom. The summed E-state index contributed by atoms with van der Waals surface area (Å²) in [6.07, 6.45) is -15.7. The molecule has 0 fully saturated rings. The lowest BCUT2D eigenvalue weighted by Crippen LogP contribution is -2.78. The van der Waals surface area contributed by atoms with Crippen LogP contribution in [-0.2, 0) is 4.79 Å². The summed E-state index contributed by atoms with van der Waals surface area (Å²) in [5.74, 6) is -47.3. The van der Waals surface area contributed by atoms with Crippen molar-refractivity contribution in [2.24, 2.45) is 0 Å². The molecule has 0 amide bonds. The molecule has 0 saturated carbocycles. The number of halogens is 17. The second-order valence-electron chi connectivity index (χ2n) is 4.83. The van der Waals surface area contributed by atoms with E-state index >= 15 is 0 Å². The maximum Gasteiger partial charge on any atom is 0.460 e. The molecule has 168 valence electrons. The van der Waals surface area contributed by atoms with Crippen LogP contribution in [0.2, 0.25) is 0 Å². The number of carboxylic acids is 1. The van der Waals surface area contributed by atoms with E-state index in [1.54, 1.807) is 0 Å². The van der Waals surface area contributed by atoms with Crippen molar-refractivity contribution in [3.05, 3.63) is 0 Å². The molecule has 0 aliphatic carbocycles. The second-order valence-corrected chi connectivity index (χ2v) is 4.83. The minimum atomic E-state index is -8.68. The van der Waals surface area contributed by atoms with E-state index in [0.29, 0.717) is 0 Å². The van der Waals surface area contributed by atoms with Crippen molar-refractivity contribution >= 4 is 5.97 Å². The third-order valence-corrected chi connectivity index (χ3v) is 3.06. The van der Waals surface area contributed by atoms with Crippen LogP contribution in [0.1, 0.15) is 0 Å². The number of carbonyl (C=O) groups is 1. The Hall–Kier alpha value is -1.72. The molecule has 0 spiro atoms. The van der Waals surface area contributed by atoms with Gasteiger partial charge in [-0.15, -0.1) is 0 Å². The van der Waals surface area contributed by atoms with E-state index in [0.717, 1.165) is 0 Å². The van der Waals surface area contributed by atoms with Crippen LogP contribution in [0.25, 0.3) is 0 Å². The van der Waals surface area contributed by atoms with E-state index in [4.69, 9.17) is 5.11 Å². The zero-order valence-electron chi connectivity index (χ0n) is 11.8. The molecular formula is C9HF17O2. The summed E-state index contributed by atoms with van der Waals surface area (Å²) in [7, 11) is 0. The van der Waals surface area contributed by atoms with Gasteiger partial charge in [-0.1, -0.05) is 0 Å². The van der Waals surface area contributed by atoms with Gasteiger partial charge in [0.25, 0.3) is 0 Å². The van der Waals surface area contributed by atoms with Crippen molar-refractivity contribution in [1.82, 2.24) is 0 Å². The number of alkyl halides is 17. The summed E-state index contributed by atoms with van der Waals surface area (Å²) in [6.45, 7) is 0. The van der Waals surface area contributed by atoms with E-state index in [-0.39, 0.29) is 0 Å². The average molecular weight is 464 g/mol. The first-order chi connectivity index (χ1) is 11.7. The SMILES string of the molecule is O=C(O)C(F)(C(F)(F)C(F)(F)C(F)(F)F)C(F)(F)C(F)(F)C(F)(F)C(F)(F)F. The molecule has 0 aromatic carbocycles. The van der Waals surface area contributed by atoms with Gasteiger partial charge in [-0.05, 0) is 0 Å². The van der Waals surface area contributed by atoms with E-state index in [1.165, 1.54) is 0 Å². The zero-order valence-corrected chi connectivity index (χ0v) is 11.8. The fraction of sp³-hybridized carbons (Fsp3) is 0.889. The first kappa shape index (κ1) is 26.3. The molecule has 0 radical (unpaired) electrons. The number of carboxylic acid groups (broad SMARTS) is 1. The molecule has 0 aliphatic rings. The summed E-state index contributed by atoms with van der Waals surface area (Å²) < 4.78 is 214. The molecule has 1 atom stereocenters. The number of hydrogen-bond acceptors (Lipinski definition) is 1. The zero-order chi connectivity index (χ0) is 23.6. The number of hydrogen-bond donors (Lipinski definition) is 1. The molecule has 0 bridgehead atoms. The molecule has 0 heterocycles. The molecule has 28 heavy (non-hydrogen) atoms. The van der Waals surface area contributed by atoms with E-state index in [1.807, 2.05) is 0 Å². The van der Waals surface area contributed by atoms with Crippen LogP contribution in [0, 0.1) is 0 Å². The molecule has 0 aromatic rings. The van der Waals surface area contributed by atoms with Crippen LogP contribution in [0.4, 0.5) is 74.6 Å². The van der Waals surface area contributed by atoms with Crippen molar-refractivity contribution in [1.29, 1.82) is 0 Å². The lowest BCUT2D eigenvalue weighted by atomic mass is 9.81. The standard InChI is InChI=1S/C9HF17O2/c10-2(1(27)28,4(13,14)6(17,18)8(21,22)23)3(11,12)5(15,16)7(19,20)9(24,25)26/h(H,27,28). The maximum atomic E-state index is 13.6. The van der Waals surface area contributed by atoms with Crippen molar-refractivity contribution < 1.29 is 84.5 Å². The highest BCUT2D eigenvalue weighted by atomic mass is 19.4. The second kappa shape index (κ2) is 6.14. The average Bonchev–Trinajstić information content (AvgIpc) is 2.42. The first-order valence-corrected chi connectivity index (χ1v) is 5.64. The minimum Gasteiger partial charge on any atom is -0.479 e. The predicted molar refractivity (Wildman–Crippen MR) is 48.3 cm³/mol. The Morgan fingerprint density at radius 1 is 0.429 bits per heavy atom. The topological polar surface area (TPSA) is 37.3 Å². The Morgan fingerprint density at radius 3 is 0.857 bits per heavy atom. The lowest BCUT2D eigenvalue weighted by Gasteiger charge is -2.43.